The molecule has 0 atom stereocenters. The molecule has 0 aromatic heterocycles. The lowest BCUT2D eigenvalue weighted by Gasteiger charge is -2.32. The summed E-state index contributed by atoms with van der Waals surface area (Å²) in [5, 5.41) is 12.7. The van der Waals surface area contributed by atoms with Crippen LogP contribution in [0.15, 0.2) is 53.4 Å². The molecule has 0 spiro atoms. The molecular formula is C22H29N3O2S. The number of hydrogen-bond donors (Lipinski definition) is 2. The first kappa shape index (κ1) is 20.6. The van der Waals surface area contributed by atoms with Crippen LogP contribution in [0.3, 0.4) is 0 Å². The highest BCUT2D eigenvalue weighted by atomic mass is 32.2. The van der Waals surface area contributed by atoms with E-state index in [4.69, 9.17) is 0 Å². The van der Waals surface area contributed by atoms with Gasteiger partial charge in [0.15, 0.2) is 0 Å². The second kappa shape index (κ2) is 10.4. The minimum Gasteiger partial charge on any atom is -0.508 e. The molecule has 1 amide bonds. The molecule has 0 aliphatic carbocycles. The van der Waals surface area contributed by atoms with E-state index in [-0.39, 0.29) is 11.7 Å². The van der Waals surface area contributed by atoms with Crippen molar-refractivity contribution in [1.82, 2.24) is 10.2 Å². The quantitative estimate of drug-likeness (QED) is 0.527. The normalized spacial score (nSPS) is 14.1. The molecule has 2 aromatic rings. The molecule has 28 heavy (non-hydrogen) atoms. The Kier molecular flexibility index (Phi) is 7.62. The summed E-state index contributed by atoms with van der Waals surface area (Å²) in [6, 6.07) is 15.6. The Morgan fingerprint density at radius 3 is 2.61 bits per heavy atom. The molecule has 2 aromatic carbocycles. The summed E-state index contributed by atoms with van der Waals surface area (Å²) in [5.41, 5.74) is 2.45. The van der Waals surface area contributed by atoms with E-state index < -0.39 is 0 Å². The summed E-state index contributed by atoms with van der Waals surface area (Å²) in [7, 11) is 1.89. The number of carbonyl (C=O) groups excluding carboxylic acids is 1. The lowest BCUT2D eigenvalue weighted by molar-refractivity contribution is -0.130. The number of rotatable bonds is 8. The largest absolute Gasteiger partial charge is 0.508 e. The molecule has 5 nitrogen and oxygen atoms in total. The van der Waals surface area contributed by atoms with Crippen LogP contribution in [0.25, 0.3) is 0 Å². The third-order valence-electron chi connectivity index (χ3n) is 4.92. The molecule has 1 aliphatic heterocycles. The van der Waals surface area contributed by atoms with Crippen LogP contribution in [0.2, 0.25) is 0 Å². The van der Waals surface area contributed by atoms with Crippen molar-refractivity contribution in [2.45, 2.75) is 24.3 Å². The zero-order chi connectivity index (χ0) is 19.8. The van der Waals surface area contributed by atoms with Crippen LogP contribution in [-0.2, 0) is 11.3 Å². The van der Waals surface area contributed by atoms with Crippen molar-refractivity contribution in [2.24, 2.45) is 0 Å². The summed E-state index contributed by atoms with van der Waals surface area (Å²) < 4.78 is 0. The number of anilines is 1. The molecule has 1 aliphatic rings. The molecule has 3 rings (SSSR count). The number of piperazine rings is 1. The molecule has 0 bridgehead atoms. The van der Waals surface area contributed by atoms with Gasteiger partial charge in [-0.2, -0.15) is 0 Å². The Balaban J connectivity index is 1.47. The van der Waals surface area contributed by atoms with E-state index in [0.717, 1.165) is 43.2 Å². The first-order chi connectivity index (χ1) is 13.6. The lowest BCUT2D eigenvalue weighted by atomic mass is 10.1. The highest BCUT2D eigenvalue weighted by molar-refractivity contribution is 7.99. The first-order valence-electron chi connectivity index (χ1n) is 9.83. The van der Waals surface area contributed by atoms with E-state index >= 15 is 0 Å². The zero-order valence-electron chi connectivity index (χ0n) is 16.4. The van der Waals surface area contributed by atoms with Crippen LogP contribution in [-0.4, -0.2) is 54.9 Å². The van der Waals surface area contributed by atoms with E-state index in [2.05, 4.69) is 28.4 Å². The average molecular weight is 400 g/mol. The summed E-state index contributed by atoms with van der Waals surface area (Å²) >= 11 is 1.71. The predicted octanol–water partition coefficient (Wildman–Crippen LogP) is 3.33. The number of para-hydroxylation sites is 1. The topological polar surface area (TPSA) is 55.8 Å². The molecule has 150 valence electrons. The van der Waals surface area contributed by atoms with Crippen LogP contribution in [0, 0.1) is 0 Å². The number of carbonyl (C=O) groups is 1. The Morgan fingerprint density at radius 1 is 1.14 bits per heavy atom. The average Bonchev–Trinajstić information content (AvgIpc) is 2.73. The van der Waals surface area contributed by atoms with Crippen LogP contribution < -0.4 is 10.2 Å². The van der Waals surface area contributed by atoms with Gasteiger partial charge in [0.1, 0.15) is 5.75 Å². The number of phenolic OH excluding ortho intramolecular Hbond substituents is 1. The number of aromatic hydroxyl groups is 1. The Labute approximate surface area is 171 Å². The summed E-state index contributed by atoms with van der Waals surface area (Å²) in [4.78, 5) is 17.9. The number of phenols is 1. The Hall–Kier alpha value is -2.18. The molecule has 0 unspecified atom stereocenters. The molecule has 2 N–H and O–H groups in total. The van der Waals surface area contributed by atoms with Gasteiger partial charge in [0.05, 0.1) is 0 Å². The van der Waals surface area contributed by atoms with Gasteiger partial charge in [0.25, 0.3) is 0 Å². The van der Waals surface area contributed by atoms with E-state index in [0.29, 0.717) is 13.0 Å². The number of amides is 1. The molecule has 1 fully saturated rings. The molecule has 6 heteroatoms. The highest BCUT2D eigenvalue weighted by Gasteiger charge is 2.16. The number of nitrogens with one attached hydrogen (secondary N) is 1. The molecule has 0 saturated carbocycles. The van der Waals surface area contributed by atoms with Crippen molar-refractivity contribution in [2.75, 3.05) is 43.9 Å². The molecule has 1 saturated heterocycles. The standard InChI is InChI=1S/C22H29N3O2S/c1-24(22(27)7-4-16-28-20-10-8-19(26)9-11-20)17-18-5-2-3-6-21(18)25-14-12-23-13-15-25/h2-3,5-6,8-11,23,26H,4,7,12-17H2,1H3. The van der Waals surface area contributed by atoms with E-state index in [9.17, 15) is 9.90 Å². The van der Waals surface area contributed by atoms with Crippen molar-refractivity contribution in [3.8, 4) is 5.75 Å². The maximum absolute atomic E-state index is 12.6. The SMILES string of the molecule is CN(Cc1ccccc1N1CCNCC1)C(=O)CCCSc1ccc(O)cc1. The maximum Gasteiger partial charge on any atom is 0.222 e. The van der Waals surface area contributed by atoms with Crippen LogP contribution in [0.1, 0.15) is 18.4 Å². The zero-order valence-corrected chi connectivity index (χ0v) is 17.3. The lowest BCUT2D eigenvalue weighted by Crippen LogP contribution is -2.44. The number of benzene rings is 2. The monoisotopic (exact) mass is 399 g/mol. The Bertz CT molecular complexity index is 761. The second-order valence-corrected chi connectivity index (χ2v) is 8.23. The van der Waals surface area contributed by atoms with Gasteiger partial charge >= 0.3 is 0 Å². The van der Waals surface area contributed by atoms with E-state index in [1.807, 2.05) is 30.1 Å². The van der Waals surface area contributed by atoms with Gasteiger partial charge in [-0.25, -0.2) is 0 Å². The predicted molar refractivity (Wildman–Crippen MR) is 116 cm³/mol. The molecule has 0 radical (unpaired) electrons. The van der Waals surface area contributed by atoms with Gasteiger partial charge in [-0.1, -0.05) is 18.2 Å². The highest BCUT2D eigenvalue weighted by Crippen LogP contribution is 2.24. The molecule has 1 heterocycles. The van der Waals surface area contributed by atoms with Crippen LogP contribution >= 0.6 is 11.8 Å². The second-order valence-electron chi connectivity index (χ2n) is 7.06. The van der Waals surface area contributed by atoms with Gasteiger partial charge in [0, 0.05) is 56.8 Å². The van der Waals surface area contributed by atoms with Crippen molar-refractivity contribution < 1.29 is 9.90 Å². The number of nitrogens with zero attached hydrogens (tertiary/aromatic N) is 2. The van der Waals surface area contributed by atoms with Gasteiger partial charge < -0.3 is 20.2 Å². The van der Waals surface area contributed by atoms with E-state index in [1.165, 1.54) is 11.3 Å². The van der Waals surface area contributed by atoms with Crippen molar-refractivity contribution >= 4 is 23.4 Å². The van der Waals surface area contributed by atoms with Gasteiger partial charge in [0.2, 0.25) is 5.91 Å². The minimum atomic E-state index is 0.182. The van der Waals surface area contributed by atoms with Gasteiger partial charge in [-0.3, -0.25) is 4.79 Å². The molecular weight excluding hydrogens is 370 g/mol. The van der Waals surface area contributed by atoms with E-state index in [1.54, 1.807) is 23.9 Å². The smallest absolute Gasteiger partial charge is 0.222 e. The first-order valence-corrected chi connectivity index (χ1v) is 10.8. The third-order valence-corrected chi connectivity index (χ3v) is 6.02. The maximum atomic E-state index is 12.6. The fourth-order valence-corrected chi connectivity index (χ4v) is 4.20. The Morgan fingerprint density at radius 2 is 1.86 bits per heavy atom. The summed E-state index contributed by atoms with van der Waals surface area (Å²) in [5.74, 6) is 1.35. The number of thioether (sulfide) groups is 1. The summed E-state index contributed by atoms with van der Waals surface area (Å²) in [6.07, 6.45) is 1.39. The van der Waals surface area contributed by atoms with Crippen molar-refractivity contribution in [3.05, 3.63) is 54.1 Å². The van der Waals surface area contributed by atoms with Crippen molar-refractivity contribution in [1.29, 1.82) is 0 Å². The van der Waals surface area contributed by atoms with Crippen LogP contribution in [0.5, 0.6) is 5.75 Å². The van der Waals surface area contributed by atoms with Gasteiger partial charge in [-0.15, -0.1) is 11.8 Å². The fourth-order valence-electron chi connectivity index (χ4n) is 3.35. The fraction of sp³-hybridized carbons (Fsp3) is 0.409. The van der Waals surface area contributed by atoms with Crippen LogP contribution in [0.4, 0.5) is 5.69 Å². The summed E-state index contributed by atoms with van der Waals surface area (Å²) in [6.45, 7) is 4.65. The minimum absolute atomic E-state index is 0.182. The third kappa shape index (κ3) is 5.91. The van der Waals surface area contributed by atoms with Gasteiger partial charge in [-0.05, 0) is 48.1 Å². The number of hydrogen-bond acceptors (Lipinski definition) is 5. The van der Waals surface area contributed by atoms with Crippen molar-refractivity contribution in [3.63, 3.8) is 0 Å².